The molecule has 0 saturated carbocycles. The Bertz CT molecular complexity index is 860. The third-order valence-electron chi connectivity index (χ3n) is 3.09. The van der Waals surface area contributed by atoms with E-state index in [1.165, 1.54) is 12.1 Å². The van der Waals surface area contributed by atoms with Crippen molar-refractivity contribution in [2.45, 2.75) is 6.18 Å². The summed E-state index contributed by atoms with van der Waals surface area (Å²) < 4.78 is 44.1. The fourth-order valence-corrected chi connectivity index (χ4v) is 3.19. The maximum atomic E-state index is 12.8. The molecule has 1 aliphatic heterocycles. The number of hydrogen-bond acceptors (Lipinski definition) is 4. The van der Waals surface area contributed by atoms with E-state index in [4.69, 9.17) is 4.42 Å². The predicted octanol–water partition coefficient (Wildman–Crippen LogP) is 5.30. The van der Waals surface area contributed by atoms with Crippen molar-refractivity contribution in [3.05, 3.63) is 57.3 Å². The molecule has 2 heterocycles. The number of imide groups is 1. The van der Waals surface area contributed by atoms with Crippen LogP contribution in [0, 0.1) is 0 Å². The molecule has 0 bridgehead atoms. The number of amides is 2. The summed E-state index contributed by atoms with van der Waals surface area (Å²) in [6.07, 6.45) is -3.20. The highest BCUT2D eigenvalue weighted by Crippen LogP contribution is 2.38. The van der Waals surface area contributed by atoms with Crippen LogP contribution in [-0.4, -0.2) is 11.1 Å². The normalized spacial score (nSPS) is 17.2. The second kappa shape index (κ2) is 6.14. The molecule has 2 aromatic rings. The van der Waals surface area contributed by atoms with E-state index in [1.807, 2.05) is 0 Å². The van der Waals surface area contributed by atoms with Crippen molar-refractivity contribution >= 4 is 50.6 Å². The van der Waals surface area contributed by atoms with Crippen molar-refractivity contribution in [1.29, 1.82) is 0 Å². The first-order chi connectivity index (χ1) is 11.3. The molecule has 1 saturated heterocycles. The third-order valence-corrected chi connectivity index (χ3v) is 4.39. The molecular formula is C15H7BrF3NO3S. The second-order valence-corrected chi connectivity index (χ2v) is 6.48. The van der Waals surface area contributed by atoms with E-state index in [0.717, 1.165) is 18.2 Å². The van der Waals surface area contributed by atoms with E-state index in [0.29, 0.717) is 27.1 Å². The predicted molar refractivity (Wildman–Crippen MR) is 86.3 cm³/mol. The highest BCUT2D eigenvalue weighted by molar-refractivity contribution is 9.10. The fourth-order valence-electron chi connectivity index (χ4n) is 2.05. The van der Waals surface area contributed by atoms with Crippen LogP contribution >= 0.6 is 27.7 Å². The van der Waals surface area contributed by atoms with Gasteiger partial charge in [0.25, 0.3) is 11.1 Å². The molecule has 0 aliphatic carbocycles. The lowest BCUT2D eigenvalue weighted by Gasteiger charge is -2.14. The molecule has 3 rings (SSSR count). The summed E-state index contributed by atoms with van der Waals surface area (Å²) in [7, 11) is 0. The zero-order valence-corrected chi connectivity index (χ0v) is 14.0. The maximum Gasteiger partial charge on any atom is 0.416 e. The molecular weight excluding hydrogens is 411 g/mol. The lowest BCUT2D eigenvalue weighted by molar-refractivity contribution is -0.137. The average molecular weight is 418 g/mol. The zero-order chi connectivity index (χ0) is 17.5. The molecule has 1 aliphatic rings. The van der Waals surface area contributed by atoms with E-state index < -0.39 is 22.9 Å². The summed E-state index contributed by atoms with van der Waals surface area (Å²) in [5.41, 5.74) is -1.06. The summed E-state index contributed by atoms with van der Waals surface area (Å²) in [5, 5.41) is -0.670. The SMILES string of the molecule is O=C1S/C(=C/c2ccc(Br)o2)C(=O)N1c1cccc(C(F)(F)F)c1. The quantitative estimate of drug-likeness (QED) is 0.621. The van der Waals surface area contributed by atoms with Crippen LogP contribution in [0.4, 0.5) is 23.7 Å². The van der Waals surface area contributed by atoms with Gasteiger partial charge in [0.15, 0.2) is 4.67 Å². The number of thioether (sulfide) groups is 1. The van der Waals surface area contributed by atoms with Crippen LogP contribution in [0.5, 0.6) is 0 Å². The maximum absolute atomic E-state index is 12.8. The molecule has 0 spiro atoms. The number of rotatable bonds is 2. The second-order valence-electron chi connectivity index (χ2n) is 4.71. The van der Waals surface area contributed by atoms with Crippen LogP contribution in [0.2, 0.25) is 0 Å². The number of furan rings is 1. The number of halogens is 4. The number of alkyl halides is 3. The van der Waals surface area contributed by atoms with Crippen molar-refractivity contribution in [2.24, 2.45) is 0 Å². The van der Waals surface area contributed by atoms with Crippen molar-refractivity contribution in [3.8, 4) is 0 Å². The summed E-state index contributed by atoms with van der Waals surface area (Å²) in [5.74, 6) is -0.353. The first-order valence-corrected chi connectivity index (χ1v) is 8.07. The molecule has 1 aromatic heterocycles. The van der Waals surface area contributed by atoms with Gasteiger partial charge in [-0.25, -0.2) is 4.90 Å². The van der Waals surface area contributed by atoms with Crippen molar-refractivity contribution in [2.75, 3.05) is 4.90 Å². The van der Waals surface area contributed by atoms with Gasteiger partial charge in [0.1, 0.15) is 5.76 Å². The number of hydrogen-bond donors (Lipinski definition) is 0. The number of carbonyl (C=O) groups is 2. The Hall–Kier alpha value is -2.00. The van der Waals surface area contributed by atoms with Gasteiger partial charge in [-0.15, -0.1) is 0 Å². The van der Waals surface area contributed by atoms with Gasteiger partial charge in [-0.2, -0.15) is 13.2 Å². The standard InChI is InChI=1S/C15H7BrF3NO3S/c16-12-5-4-10(23-12)7-11-13(21)20(14(22)24-11)9-3-1-2-8(6-9)15(17,18)19/h1-7H/b11-7+. The molecule has 0 radical (unpaired) electrons. The van der Waals surface area contributed by atoms with Gasteiger partial charge in [0.05, 0.1) is 16.2 Å². The minimum atomic E-state index is -4.56. The Kier molecular flexibility index (Phi) is 4.31. The Morgan fingerprint density at radius 3 is 2.54 bits per heavy atom. The molecule has 4 nitrogen and oxygen atoms in total. The molecule has 9 heteroatoms. The van der Waals surface area contributed by atoms with Crippen molar-refractivity contribution < 1.29 is 27.2 Å². The van der Waals surface area contributed by atoms with Crippen LogP contribution in [-0.2, 0) is 11.0 Å². The summed E-state index contributed by atoms with van der Waals surface area (Å²) in [6.45, 7) is 0. The van der Waals surface area contributed by atoms with Crippen LogP contribution in [0.3, 0.4) is 0 Å². The first-order valence-electron chi connectivity index (χ1n) is 6.46. The fraction of sp³-hybridized carbons (Fsp3) is 0.0667. The average Bonchev–Trinajstić information content (AvgIpc) is 3.02. The third kappa shape index (κ3) is 3.27. The smallest absolute Gasteiger partial charge is 0.416 e. The van der Waals surface area contributed by atoms with Crippen LogP contribution in [0.25, 0.3) is 6.08 Å². The van der Waals surface area contributed by atoms with Crippen LogP contribution in [0.15, 0.2) is 50.4 Å². The summed E-state index contributed by atoms with van der Waals surface area (Å²) in [6, 6.07) is 7.26. The minimum Gasteiger partial charge on any atom is -0.450 e. The highest BCUT2D eigenvalue weighted by atomic mass is 79.9. The van der Waals surface area contributed by atoms with E-state index in [-0.39, 0.29) is 10.6 Å². The van der Waals surface area contributed by atoms with Gasteiger partial charge in [-0.3, -0.25) is 9.59 Å². The van der Waals surface area contributed by atoms with Crippen LogP contribution < -0.4 is 4.90 Å². The van der Waals surface area contributed by atoms with E-state index >= 15 is 0 Å². The Morgan fingerprint density at radius 2 is 1.92 bits per heavy atom. The van der Waals surface area contributed by atoms with Gasteiger partial charge >= 0.3 is 6.18 Å². The van der Waals surface area contributed by atoms with Gasteiger partial charge in [0.2, 0.25) is 0 Å². The monoisotopic (exact) mass is 417 g/mol. The molecule has 24 heavy (non-hydrogen) atoms. The molecule has 124 valence electrons. The number of nitrogens with zero attached hydrogens (tertiary/aromatic N) is 1. The van der Waals surface area contributed by atoms with Crippen LogP contribution in [0.1, 0.15) is 11.3 Å². The molecule has 0 unspecified atom stereocenters. The zero-order valence-electron chi connectivity index (χ0n) is 11.6. The Morgan fingerprint density at radius 1 is 1.17 bits per heavy atom. The Balaban J connectivity index is 1.94. The van der Waals surface area contributed by atoms with E-state index in [2.05, 4.69) is 15.9 Å². The number of anilines is 1. The van der Waals surface area contributed by atoms with Gasteiger partial charge < -0.3 is 4.42 Å². The van der Waals surface area contributed by atoms with Crippen molar-refractivity contribution in [1.82, 2.24) is 0 Å². The van der Waals surface area contributed by atoms with Gasteiger partial charge in [-0.05, 0) is 58.0 Å². The minimum absolute atomic E-state index is 0.0688. The Labute approximate surface area is 146 Å². The molecule has 0 N–H and O–H groups in total. The summed E-state index contributed by atoms with van der Waals surface area (Å²) >= 11 is 3.75. The van der Waals surface area contributed by atoms with E-state index in [1.54, 1.807) is 12.1 Å². The molecule has 2 amide bonds. The topological polar surface area (TPSA) is 50.5 Å². The lowest BCUT2D eigenvalue weighted by Crippen LogP contribution is -2.27. The van der Waals surface area contributed by atoms with Gasteiger partial charge in [-0.1, -0.05) is 6.07 Å². The molecule has 1 aromatic carbocycles. The molecule has 0 atom stereocenters. The summed E-state index contributed by atoms with van der Waals surface area (Å²) in [4.78, 5) is 25.2. The van der Waals surface area contributed by atoms with E-state index in [9.17, 15) is 22.8 Å². The first kappa shape index (κ1) is 16.8. The number of benzene rings is 1. The lowest BCUT2D eigenvalue weighted by atomic mass is 10.2. The number of carbonyl (C=O) groups excluding carboxylic acids is 2. The van der Waals surface area contributed by atoms with Gasteiger partial charge in [0, 0.05) is 6.08 Å². The van der Waals surface area contributed by atoms with Crippen molar-refractivity contribution in [3.63, 3.8) is 0 Å². The largest absolute Gasteiger partial charge is 0.450 e. The highest BCUT2D eigenvalue weighted by Gasteiger charge is 2.38. The molecule has 1 fully saturated rings.